The number of aromatic nitrogens is 1. The van der Waals surface area contributed by atoms with Gasteiger partial charge in [0.15, 0.2) is 0 Å². The Labute approximate surface area is 90.6 Å². The van der Waals surface area contributed by atoms with Gasteiger partial charge in [-0.05, 0) is 38.6 Å². The van der Waals surface area contributed by atoms with Crippen LogP contribution in [0.5, 0.6) is 0 Å². The average molecular weight is 212 g/mol. The van der Waals surface area contributed by atoms with E-state index in [2.05, 4.69) is 25.8 Å². The van der Waals surface area contributed by atoms with E-state index in [1.165, 1.54) is 22.0 Å². The molecule has 1 aromatic rings. The van der Waals surface area contributed by atoms with Crippen molar-refractivity contribution >= 4 is 11.3 Å². The first-order chi connectivity index (χ1) is 6.69. The minimum absolute atomic E-state index is 0.572. The summed E-state index contributed by atoms with van der Waals surface area (Å²) in [6, 6.07) is 0. The van der Waals surface area contributed by atoms with Gasteiger partial charge < -0.3 is 5.73 Å². The molecule has 2 N–H and O–H groups in total. The van der Waals surface area contributed by atoms with E-state index < -0.39 is 0 Å². The SMILES string of the molecule is CCCc1nc(C)c(C(C)CCN)s1. The van der Waals surface area contributed by atoms with Gasteiger partial charge in [0.05, 0.1) is 10.7 Å². The van der Waals surface area contributed by atoms with Crippen molar-refractivity contribution in [3.8, 4) is 0 Å². The molecule has 0 aliphatic rings. The zero-order chi connectivity index (χ0) is 10.6. The van der Waals surface area contributed by atoms with Crippen molar-refractivity contribution in [2.45, 2.75) is 46.0 Å². The van der Waals surface area contributed by atoms with Crippen LogP contribution in [0.1, 0.15) is 48.2 Å². The van der Waals surface area contributed by atoms with E-state index in [1.54, 1.807) is 0 Å². The Morgan fingerprint density at radius 1 is 1.50 bits per heavy atom. The fraction of sp³-hybridized carbons (Fsp3) is 0.727. The molecule has 80 valence electrons. The van der Waals surface area contributed by atoms with Gasteiger partial charge in [-0.25, -0.2) is 4.98 Å². The molecular weight excluding hydrogens is 192 g/mol. The summed E-state index contributed by atoms with van der Waals surface area (Å²) in [6.45, 7) is 7.31. The summed E-state index contributed by atoms with van der Waals surface area (Å²) < 4.78 is 0. The minimum Gasteiger partial charge on any atom is -0.330 e. The molecule has 0 aromatic carbocycles. The van der Waals surface area contributed by atoms with Crippen LogP contribution in [-0.4, -0.2) is 11.5 Å². The van der Waals surface area contributed by atoms with Gasteiger partial charge >= 0.3 is 0 Å². The van der Waals surface area contributed by atoms with Crippen molar-refractivity contribution in [3.05, 3.63) is 15.6 Å². The lowest BCUT2D eigenvalue weighted by atomic mass is 10.1. The third kappa shape index (κ3) is 2.79. The molecule has 2 nitrogen and oxygen atoms in total. The highest BCUT2D eigenvalue weighted by molar-refractivity contribution is 7.11. The highest BCUT2D eigenvalue weighted by atomic mass is 32.1. The maximum Gasteiger partial charge on any atom is 0.0930 e. The Morgan fingerprint density at radius 2 is 2.21 bits per heavy atom. The van der Waals surface area contributed by atoms with Crippen LogP contribution in [0.2, 0.25) is 0 Å². The van der Waals surface area contributed by atoms with E-state index in [0.717, 1.165) is 19.4 Å². The standard InChI is InChI=1S/C11H20N2S/c1-4-5-10-13-9(3)11(14-10)8(2)6-7-12/h8H,4-7,12H2,1-3H3. The fourth-order valence-electron chi connectivity index (χ4n) is 1.62. The molecule has 1 atom stereocenters. The lowest BCUT2D eigenvalue weighted by Crippen LogP contribution is -2.04. The van der Waals surface area contributed by atoms with Crippen LogP contribution >= 0.6 is 11.3 Å². The summed E-state index contributed by atoms with van der Waals surface area (Å²) in [7, 11) is 0. The van der Waals surface area contributed by atoms with E-state index >= 15 is 0 Å². The molecule has 1 heterocycles. The molecule has 3 heteroatoms. The predicted molar refractivity (Wildman–Crippen MR) is 62.9 cm³/mol. The van der Waals surface area contributed by atoms with E-state index in [0.29, 0.717) is 5.92 Å². The van der Waals surface area contributed by atoms with Gasteiger partial charge in [-0.2, -0.15) is 0 Å². The molecule has 0 saturated heterocycles. The molecule has 0 aliphatic carbocycles. The maximum atomic E-state index is 5.57. The highest BCUT2D eigenvalue weighted by Gasteiger charge is 2.12. The quantitative estimate of drug-likeness (QED) is 0.815. The number of thiazole rings is 1. The van der Waals surface area contributed by atoms with Gasteiger partial charge in [0.1, 0.15) is 0 Å². The van der Waals surface area contributed by atoms with Crippen molar-refractivity contribution in [1.29, 1.82) is 0 Å². The summed E-state index contributed by atoms with van der Waals surface area (Å²) in [5, 5.41) is 1.28. The highest BCUT2D eigenvalue weighted by Crippen LogP contribution is 2.28. The molecular formula is C11H20N2S. The van der Waals surface area contributed by atoms with Gasteiger partial charge in [-0.3, -0.25) is 0 Å². The third-order valence-electron chi connectivity index (χ3n) is 2.39. The summed E-state index contributed by atoms with van der Waals surface area (Å²) in [4.78, 5) is 6.01. The van der Waals surface area contributed by atoms with Crippen molar-refractivity contribution in [2.75, 3.05) is 6.54 Å². The normalized spacial score (nSPS) is 13.1. The summed E-state index contributed by atoms with van der Waals surface area (Å²) in [6.07, 6.45) is 3.35. The maximum absolute atomic E-state index is 5.57. The van der Waals surface area contributed by atoms with E-state index in [9.17, 15) is 0 Å². The molecule has 0 saturated carbocycles. The van der Waals surface area contributed by atoms with Crippen molar-refractivity contribution in [3.63, 3.8) is 0 Å². The molecule has 1 aromatic heterocycles. The molecule has 0 bridgehead atoms. The lowest BCUT2D eigenvalue weighted by Gasteiger charge is -2.07. The second-order valence-corrected chi connectivity index (χ2v) is 4.90. The molecule has 0 spiro atoms. The van der Waals surface area contributed by atoms with Gasteiger partial charge in [-0.15, -0.1) is 11.3 Å². The monoisotopic (exact) mass is 212 g/mol. The van der Waals surface area contributed by atoms with Gasteiger partial charge in [0.2, 0.25) is 0 Å². The predicted octanol–water partition coefficient (Wildman–Crippen LogP) is 2.86. The van der Waals surface area contributed by atoms with Crippen LogP contribution in [-0.2, 0) is 6.42 Å². The Balaban J connectivity index is 2.75. The van der Waals surface area contributed by atoms with Gasteiger partial charge in [0, 0.05) is 4.88 Å². The largest absolute Gasteiger partial charge is 0.330 e. The molecule has 14 heavy (non-hydrogen) atoms. The summed E-state index contributed by atoms with van der Waals surface area (Å²) >= 11 is 1.87. The number of rotatable bonds is 5. The number of hydrogen-bond donors (Lipinski definition) is 1. The summed E-state index contributed by atoms with van der Waals surface area (Å²) in [5.74, 6) is 0.572. The molecule has 0 amide bonds. The third-order valence-corrected chi connectivity index (χ3v) is 3.84. The van der Waals surface area contributed by atoms with Gasteiger partial charge in [0.25, 0.3) is 0 Å². The zero-order valence-corrected chi connectivity index (χ0v) is 10.2. The first-order valence-corrected chi connectivity index (χ1v) is 6.17. The first kappa shape index (κ1) is 11.7. The Morgan fingerprint density at radius 3 is 2.79 bits per heavy atom. The van der Waals surface area contributed by atoms with Crippen molar-refractivity contribution in [2.24, 2.45) is 5.73 Å². The zero-order valence-electron chi connectivity index (χ0n) is 9.34. The Hall–Kier alpha value is -0.410. The van der Waals surface area contributed by atoms with E-state index in [1.807, 2.05) is 11.3 Å². The second kappa shape index (κ2) is 5.47. The Kier molecular flexibility index (Phi) is 4.55. The van der Waals surface area contributed by atoms with Crippen LogP contribution in [0, 0.1) is 6.92 Å². The number of aryl methyl sites for hydroxylation is 2. The number of nitrogens with zero attached hydrogens (tertiary/aromatic N) is 1. The Bertz CT molecular complexity index is 281. The van der Waals surface area contributed by atoms with Crippen LogP contribution in [0.3, 0.4) is 0 Å². The second-order valence-electron chi connectivity index (χ2n) is 3.79. The molecule has 0 aliphatic heterocycles. The smallest absolute Gasteiger partial charge is 0.0930 e. The number of nitrogens with two attached hydrogens (primary N) is 1. The van der Waals surface area contributed by atoms with E-state index in [-0.39, 0.29) is 0 Å². The van der Waals surface area contributed by atoms with Gasteiger partial charge in [-0.1, -0.05) is 13.8 Å². The van der Waals surface area contributed by atoms with Crippen LogP contribution in [0.4, 0.5) is 0 Å². The molecule has 1 rings (SSSR count). The van der Waals surface area contributed by atoms with Crippen LogP contribution in [0.15, 0.2) is 0 Å². The van der Waals surface area contributed by atoms with Crippen LogP contribution < -0.4 is 5.73 Å². The minimum atomic E-state index is 0.572. The lowest BCUT2D eigenvalue weighted by molar-refractivity contribution is 0.695. The number of hydrogen-bond acceptors (Lipinski definition) is 3. The van der Waals surface area contributed by atoms with Crippen molar-refractivity contribution < 1.29 is 0 Å². The average Bonchev–Trinajstić information content (AvgIpc) is 2.48. The molecule has 0 radical (unpaired) electrons. The van der Waals surface area contributed by atoms with Crippen LogP contribution in [0.25, 0.3) is 0 Å². The van der Waals surface area contributed by atoms with E-state index in [4.69, 9.17) is 5.73 Å². The topological polar surface area (TPSA) is 38.9 Å². The molecule has 0 fully saturated rings. The fourth-order valence-corrected chi connectivity index (χ4v) is 2.88. The first-order valence-electron chi connectivity index (χ1n) is 5.35. The molecule has 1 unspecified atom stereocenters. The van der Waals surface area contributed by atoms with Crippen molar-refractivity contribution in [1.82, 2.24) is 4.98 Å². The summed E-state index contributed by atoms with van der Waals surface area (Å²) in [5.41, 5.74) is 6.77.